The van der Waals surface area contributed by atoms with Gasteiger partial charge in [0.05, 0.1) is 12.1 Å². The minimum absolute atomic E-state index is 0.0422. The zero-order valence-electron chi connectivity index (χ0n) is 17.9. The Kier molecular flexibility index (Phi) is 6.69. The number of carboxylic acid groups (broad SMARTS) is 1. The molecular weight excluding hydrogens is 442 g/mol. The van der Waals surface area contributed by atoms with Crippen molar-refractivity contribution in [3.05, 3.63) is 70.7 Å². The Morgan fingerprint density at radius 1 is 1.09 bits per heavy atom. The number of ether oxygens (including phenoxy) is 1. The Morgan fingerprint density at radius 2 is 1.73 bits per heavy atom. The molecule has 0 saturated heterocycles. The summed E-state index contributed by atoms with van der Waals surface area (Å²) < 4.78 is 5.50. The molecule has 1 aromatic heterocycles. The number of carboxylic acids is 1. The highest BCUT2D eigenvalue weighted by Gasteiger charge is 2.29. The van der Waals surface area contributed by atoms with Gasteiger partial charge in [-0.25, -0.2) is 14.6 Å². The van der Waals surface area contributed by atoms with E-state index in [9.17, 15) is 14.4 Å². The first-order valence-electron chi connectivity index (χ1n) is 10.5. The predicted octanol–water partition coefficient (Wildman–Crippen LogP) is 4.03. The average molecular weight is 466 g/mol. The van der Waals surface area contributed by atoms with Gasteiger partial charge in [-0.1, -0.05) is 55.5 Å². The third kappa shape index (κ3) is 5.04. The molecule has 4 rings (SSSR count). The lowest BCUT2D eigenvalue weighted by Gasteiger charge is -2.14. The van der Waals surface area contributed by atoms with Crippen LogP contribution in [0.3, 0.4) is 0 Å². The van der Waals surface area contributed by atoms with Gasteiger partial charge in [0.25, 0.3) is 0 Å². The van der Waals surface area contributed by atoms with Crippen LogP contribution in [0.5, 0.6) is 0 Å². The molecule has 0 fully saturated rings. The largest absolute Gasteiger partial charge is 0.480 e. The normalized spacial score (nSPS) is 13.0. The van der Waals surface area contributed by atoms with Gasteiger partial charge in [0.2, 0.25) is 5.91 Å². The molecular formula is C24H23N3O5S. The maximum atomic E-state index is 12.4. The number of hydrogen-bond acceptors (Lipinski definition) is 6. The van der Waals surface area contributed by atoms with Crippen molar-refractivity contribution in [2.45, 2.75) is 31.7 Å². The first kappa shape index (κ1) is 22.5. The zero-order chi connectivity index (χ0) is 23.4. The van der Waals surface area contributed by atoms with Crippen LogP contribution in [0, 0.1) is 0 Å². The molecule has 3 aromatic rings. The maximum absolute atomic E-state index is 12.4. The maximum Gasteiger partial charge on any atom is 0.413 e. The van der Waals surface area contributed by atoms with Crippen LogP contribution >= 0.6 is 11.3 Å². The summed E-state index contributed by atoms with van der Waals surface area (Å²) in [6, 6.07) is 15.2. The predicted molar refractivity (Wildman–Crippen MR) is 124 cm³/mol. The van der Waals surface area contributed by atoms with Gasteiger partial charge >= 0.3 is 12.1 Å². The molecule has 170 valence electrons. The van der Waals surface area contributed by atoms with E-state index >= 15 is 0 Å². The van der Waals surface area contributed by atoms with E-state index < -0.39 is 24.0 Å². The van der Waals surface area contributed by atoms with Gasteiger partial charge in [-0.2, -0.15) is 0 Å². The molecule has 0 bridgehead atoms. The van der Waals surface area contributed by atoms with Crippen molar-refractivity contribution >= 4 is 34.4 Å². The van der Waals surface area contributed by atoms with E-state index in [1.54, 1.807) is 12.3 Å². The van der Waals surface area contributed by atoms with Gasteiger partial charge in [0, 0.05) is 11.3 Å². The van der Waals surface area contributed by atoms with Crippen molar-refractivity contribution < 1.29 is 24.2 Å². The fourth-order valence-corrected chi connectivity index (χ4v) is 4.61. The van der Waals surface area contributed by atoms with E-state index in [1.807, 2.05) is 36.4 Å². The number of nitrogens with zero attached hydrogens (tertiary/aromatic N) is 1. The fraction of sp³-hybridized carbons (Fsp3) is 0.250. The topological polar surface area (TPSA) is 118 Å². The molecule has 2 amide bonds. The van der Waals surface area contributed by atoms with Crippen LogP contribution in [0.15, 0.2) is 53.9 Å². The number of thiazole rings is 1. The molecule has 1 atom stereocenters. The highest BCUT2D eigenvalue weighted by molar-refractivity contribution is 7.13. The SMILES string of the molecule is CC[C@@H](NC(=O)Cc1csc(NC(=O)OCC2c3ccccc3-c3ccccc32)n1)C(=O)O. The molecule has 3 N–H and O–H groups in total. The highest BCUT2D eigenvalue weighted by Crippen LogP contribution is 2.44. The lowest BCUT2D eigenvalue weighted by molar-refractivity contribution is -0.141. The van der Waals surface area contributed by atoms with Crippen molar-refractivity contribution in [2.75, 3.05) is 11.9 Å². The summed E-state index contributed by atoms with van der Waals surface area (Å²) in [5.41, 5.74) is 4.99. The number of fused-ring (bicyclic) bond motifs is 3. The van der Waals surface area contributed by atoms with Crippen LogP contribution in [0.25, 0.3) is 11.1 Å². The van der Waals surface area contributed by atoms with E-state index in [0.717, 1.165) is 22.3 Å². The number of nitrogens with one attached hydrogen (secondary N) is 2. The summed E-state index contributed by atoms with van der Waals surface area (Å²) in [6.07, 6.45) is -0.418. The molecule has 8 nitrogen and oxygen atoms in total. The van der Waals surface area contributed by atoms with Gasteiger partial charge in [-0.3, -0.25) is 10.1 Å². The van der Waals surface area contributed by atoms with Crippen LogP contribution in [-0.4, -0.2) is 40.7 Å². The molecule has 1 heterocycles. The zero-order valence-corrected chi connectivity index (χ0v) is 18.7. The van der Waals surface area contributed by atoms with E-state index in [1.165, 1.54) is 11.3 Å². The lowest BCUT2D eigenvalue weighted by atomic mass is 9.98. The van der Waals surface area contributed by atoms with Gasteiger partial charge in [-0.05, 0) is 28.7 Å². The van der Waals surface area contributed by atoms with Crippen LogP contribution in [0.1, 0.15) is 36.1 Å². The number of amides is 2. The van der Waals surface area contributed by atoms with Crippen molar-refractivity contribution in [3.63, 3.8) is 0 Å². The average Bonchev–Trinajstić information content (AvgIpc) is 3.37. The molecule has 0 radical (unpaired) electrons. The van der Waals surface area contributed by atoms with E-state index in [2.05, 4.69) is 27.8 Å². The van der Waals surface area contributed by atoms with Crippen molar-refractivity contribution in [3.8, 4) is 11.1 Å². The van der Waals surface area contributed by atoms with Gasteiger partial charge in [0.15, 0.2) is 5.13 Å². The van der Waals surface area contributed by atoms with E-state index in [4.69, 9.17) is 9.84 Å². The van der Waals surface area contributed by atoms with Crippen molar-refractivity contribution in [2.24, 2.45) is 0 Å². The third-order valence-corrected chi connectivity index (χ3v) is 6.29. The summed E-state index contributed by atoms with van der Waals surface area (Å²) in [4.78, 5) is 39.7. The molecule has 0 aliphatic heterocycles. The highest BCUT2D eigenvalue weighted by atomic mass is 32.1. The number of aromatic nitrogens is 1. The summed E-state index contributed by atoms with van der Waals surface area (Å²) in [5.74, 6) is -1.57. The number of hydrogen-bond donors (Lipinski definition) is 3. The van der Waals surface area contributed by atoms with Crippen LogP contribution in [-0.2, 0) is 20.7 Å². The third-order valence-electron chi connectivity index (χ3n) is 5.49. The Morgan fingerprint density at radius 3 is 2.33 bits per heavy atom. The summed E-state index contributed by atoms with van der Waals surface area (Å²) >= 11 is 1.17. The van der Waals surface area contributed by atoms with Gasteiger partial charge in [0.1, 0.15) is 12.6 Å². The molecule has 2 aromatic carbocycles. The first-order valence-corrected chi connectivity index (χ1v) is 11.4. The Labute approximate surface area is 194 Å². The second-order valence-electron chi connectivity index (χ2n) is 7.64. The molecule has 1 aliphatic rings. The smallest absolute Gasteiger partial charge is 0.413 e. The summed E-state index contributed by atoms with van der Waals surface area (Å²) in [5, 5.41) is 16.0. The number of carbonyl (C=O) groups is 3. The molecule has 9 heteroatoms. The van der Waals surface area contributed by atoms with Crippen LogP contribution in [0.4, 0.5) is 9.93 Å². The minimum atomic E-state index is -1.08. The Balaban J connectivity index is 1.33. The summed E-state index contributed by atoms with van der Waals surface area (Å²) in [6.45, 7) is 1.87. The number of benzene rings is 2. The van der Waals surface area contributed by atoms with Crippen LogP contribution in [0.2, 0.25) is 0 Å². The Hall–Kier alpha value is -3.72. The van der Waals surface area contributed by atoms with Crippen LogP contribution < -0.4 is 10.6 Å². The molecule has 0 saturated carbocycles. The number of carbonyl (C=O) groups excluding carboxylic acids is 2. The molecule has 0 spiro atoms. The second kappa shape index (κ2) is 9.83. The second-order valence-corrected chi connectivity index (χ2v) is 8.50. The van der Waals surface area contributed by atoms with Gasteiger partial charge < -0.3 is 15.2 Å². The quantitative estimate of drug-likeness (QED) is 0.462. The lowest BCUT2D eigenvalue weighted by Crippen LogP contribution is -2.41. The minimum Gasteiger partial charge on any atom is -0.480 e. The Bertz CT molecular complexity index is 1150. The first-order chi connectivity index (χ1) is 16.0. The standard InChI is InChI=1S/C24H23N3O5S/c1-2-20(22(29)30)26-21(28)11-14-13-33-23(25-14)27-24(31)32-12-19-17-9-5-3-7-15(17)16-8-4-6-10-18(16)19/h3-10,13,19-20H,2,11-12H2,1H3,(H,26,28)(H,29,30)(H,25,27,31)/t20-/m1/s1. The monoisotopic (exact) mass is 465 g/mol. The molecule has 33 heavy (non-hydrogen) atoms. The molecule has 0 unspecified atom stereocenters. The van der Waals surface area contributed by atoms with Crippen molar-refractivity contribution in [1.82, 2.24) is 10.3 Å². The number of aliphatic carboxylic acids is 1. The number of anilines is 1. The number of rotatable bonds is 8. The van der Waals surface area contributed by atoms with E-state index in [-0.39, 0.29) is 25.4 Å². The fourth-order valence-electron chi connectivity index (χ4n) is 3.92. The summed E-state index contributed by atoms with van der Waals surface area (Å²) in [7, 11) is 0. The molecule has 1 aliphatic carbocycles. The van der Waals surface area contributed by atoms with E-state index in [0.29, 0.717) is 10.8 Å². The van der Waals surface area contributed by atoms with Crippen molar-refractivity contribution in [1.29, 1.82) is 0 Å². The van der Waals surface area contributed by atoms with Gasteiger partial charge in [-0.15, -0.1) is 11.3 Å².